The van der Waals surface area contributed by atoms with Crippen molar-refractivity contribution in [3.05, 3.63) is 28.5 Å². The molecule has 1 aromatic rings. The first kappa shape index (κ1) is 12.3. The first-order valence-electron chi connectivity index (χ1n) is 4.57. The highest BCUT2D eigenvalue weighted by Crippen LogP contribution is 2.38. The monoisotopic (exact) mass is 232 g/mol. The van der Waals surface area contributed by atoms with E-state index < -0.39 is 11.2 Å². The maximum absolute atomic E-state index is 13.6. The fraction of sp³-hybridized carbons (Fsp3) is 0.455. The topological polar surface area (TPSA) is 29.5 Å². The number of methoxy groups -OCH3 is 1. The van der Waals surface area contributed by atoms with E-state index >= 15 is 0 Å². The molecule has 0 saturated heterocycles. The van der Waals surface area contributed by atoms with Gasteiger partial charge in [-0.25, -0.2) is 4.39 Å². The first-order chi connectivity index (χ1) is 6.94. The second-order valence-corrected chi connectivity index (χ2v) is 4.39. The molecule has 0 spiro atoms. The van der Waals surface area contributed by atoms with Gasteiger partial charge in [0, 0.05) is 11.0 Å². The Balaban J connectivity index is 3.44. The van der Waals surface area contributed by atoms with Gasteiger partial charge in [0.1, 0.15) is 11.6 Å². The molecule has 2 nitrogen and oxygen atoms in total. The van der Waals surface area contributed by atoms with E-state index in [4.69, 9.17) is 16.3 Å². The highest BCUT2D eigenvalue weighted by molar-refractivity contribution is 6.32. The van der Waals surface area contributed by atoms with Crippen molar-refractivity contribution in [2.24, 2.45) is 0 Å². The van der Waals surface area contributed by atoms with Crippen LogP contribution in [0.1, 0.15) is 19.4 Å². The number of benzene rings is 1. The summed E-state index contributed by atoms with van der Waals surface area (Å²) in [5.41, 5.74) is -0.416. The van der Waals surface area contributed by atoms with Gasteiger partial charge in [0.15, 0.2) is 0 Å². The predicted octanol–water partition coefficient (Wildman–Crippen LogP) is 2.76. The average Bonchev–Trinajstić information content (AvgIpc) is 2.20. The lowest BCUT2D eigenvalue weighted by atomic mass is 9.84. The van der Waals surface area contributed by atoms with E-state index in [1.54, 1.807) is 13.8 Å². The molecule has 0 aliphatic carbocycles. The number of halogens is 2. The van der Waals surface area contributed by atoms with Crippen molar-refractivity contribution >= 4 is 11.6 Å². The molecule has 4 heteroatoms. The molecular formula is C11H14ClFO2. The molecule has 0 fully saturated rings. The SMILES string of the molecule is COc1c(Cl)ccc(F)c1C(C)(C)CO. The number of aliphatic hydroxyl groups excluding tert-OH is 1. The number of ether oxygens (including phenoxy) is 1. The molecule has 84 valence electrons. The van der Waals surface area contributed by atoms with Gasteiger partial charge in [-0.1, -0.05) is 25.4 Å². The van der Waals surface area contributed by atoms with Gasteiger partial charge in [0.2, 0.25) is 0 Å². The van der Waals surface area contributed by atoms with Crippen LogP contribution >= 0.6 is 11.6 Å². The van der Waals surface area contributed by atoms with E-state index in [0.29, 0.717) is 10.6 Å². The van der Waals surface area contributed by atoms with Crippen LogP contribution in [0, 0.1) is 5.82 Å². The third kappa shape index (κ3) is 2.24. The normalized spacial score (nSPS) is 11.6. The van der Waals surface area contributed by atoms with Crippen LogP contribution in [0.2, 0.25) is 5.02 Å². The second kappa shape index (κ2) is 4.37. The number of aliphatic hydroxyl groups is 1. The van der Waals surface area contributed by atoms with E-state index in [0.717, 1.165) is 0 Å². The molecule has 0 aliphatic heterocycles. The standard InChI is InChI=1S/C11H14ClFO2/c1-11(2,6-14)9-8(13)5-4-7(12)10(9)15-3/h4-5,14H,6H2,1-3H3. The maximum Gasteiger partial charge on any atom is 0.144 e. The summed E-state index contributed by atoms with van der Waals surface area (Å²) in [6, 6.07) is 2.71. The van der Waals surface area contributed by atoms with Gasteiger partial charge in [-0.05, 0) is 12.1 Å². The van der Waals surface area contributed by atoms with Crippen LogP contribution < -0.4 is 4.74 Å². The highest BCUT2D eigenvalue weighted by atomic mass is 35.5. The molecule has 0 heterocycles. The van der Waals surface area contributed by atoms with Gasteiger partial charge in [-0.3, -0.25) is 0 Å². The number of hydrogen-bond acceptors (Lipinski definition) is 2. The summed E-state index contributed by atoms with van der Waals surface area (Å²) >= 11 is 5.89. The molecule has 1 rings (SSSR count). The van der Waals surface area contributed by atoms with E-state index in [-0.39, 0.29) is 12.4 Å². The zero-order valence-corrected chi connectivity index (χ0v) is 9.73. The molecule has 0 radical (unpaired) electrons. The van der Waals surface area contributed by atoms with Crippen LogP contribution in [0.5, 0.6) is 5.75 Å². The molecule has 0 bridgehead atoms. The van der Waals surface area contributed by atoms with E-state index in [9.17, 15) is 9.50 Å². The van der Waals surface area contributed by atoms with Gasteiger partial charge in [-0.15, -0.1) is 0 Å². The third-order valence-corrected chi connectivity index (χ3v) is 2.63. The Labute approximate surface area is 93.6 Å². The molecule has 0 saturated carbocycles. The van der Waals surface area contributed by atoms with E-state index in [1.165, 1.54) is 19.2 Å². The minimum atomic E-state index is -0.722. The Morgan fingerprint density at radius 3 is 2.53 bits per heavy atom. The summed E-state index contributed by atoms with van der Waals surface area (Å²) in [5.74, 6) is -0.133. The molecule has 1 N–H and O–H groups in total. The van der Waals surface area contributed by atoms with Crippen LogP contribution in [0.15, 0.2) is 12.1 Å². The van der Waals surface area contributed by atoms with Gasteiger partial charge < -0.3 is 9.84 Å². The lowest BCUT2D eigenvalue weighted by Crippen LogP contribution is -2.24. The largest absolute Gasteiger partial charge is 0.495 e. The van der Waals surface area contributed by atoms with Crippen LogP contribution in [0.25, 0.3) is 0 Å². The maximum atomic E-state index is 13.6. The summed E-state index contributed by atoms with van der Waals surface area (Å²) in [6.45, 7) is 3.27. The van der Waals surface area contributed by atoms with Crippen molar-refractivity contribution in [1.82, 2.24) is 0 Å². The Morgan fingerprint density at radius 2 is 2.07 bits per heavy atom. The minimum absolute atomic E-state index is 0.180. The average molecular weight is 233 g/mol. The molecule has 15 heavy (non-hydrogen) atoms. The summed E-state index contributed by atoms with van der Waals surface area (Å²) < 4.78 is 18.7. The van der Waals surface area contributed by atoms with Crippen molar-refractivity contribution in [3.8, 4) is 5.75 Å². The van der Waals surface area contributed by atoms with Gasteiger partial charge in [0.25, 0.3) is 0 Å². The third-order valence-electron chi connectivity index (χ3n) is 2.33. The predicted molar refractivity (Wildman–Crippen MR) is 58.1 cm³/mol. The first-order valence-corrected chi connectivity index (χ1v) is 4.95. The lowest BCUT2D eigenvalue weighted by molar-refractivity contribution is 0.211. The molecule has 0 atom stereocenters. The molecule has 0 unspecified atom stereocenters. The van der Waals surface area contributed by atoms with Crippen molar-refractivity contribution in [1.29, 1.82) is 0 Å². The Morgan fingerprint density at radius 1 is 1.47 bits per heavy atom. The zero-order valence-electron chi connectivity index (χ0n) is 8.97. The number of hydrogen-bond donors (Lipinski definition) is 1. The summed E-state index contributed by atoms with van der Waals surface area (Å²) in [4.78, 5) is 0. The van der Waals surface area contributed by atoms with E-state index in [1.807, 2.05) is 0 Å². The fourth-order valence-corrected chi connectivity index (χ4v) is 1.68. The minimum Gasteiger partial charge on any atom is -0.495 e. The Bertz CT molecular complexity index is 364. The molecule has 0 aliphatic rings. The zero-order chi connectivity index (χ0) is 11.6. The summed E-state index contributed by atoms with van der Waals surface area (Å²) in [7, 11) is 1.43. The van der Waals surface area contributed by atoms with Gasteiger partial charge in [-0.2, -0.15) is 0 Å². The highest BCUT2D eigenvalue weighted by Gasteiger charge is 2.28. The quantitative estimate of drug-likeness (QED) is 0.869. The van der Waals surface area contributed by atoms with Gasteiger partial charge >= 0.3 is 0 Å². The Hall–Kier alpha value is -0.800. The molecular weight excluding hydrogens is 219 g/mol. The van der Waals surface area contributed by atoms with Crippen LogP contribution in [-0.4, -0.2) is 18.8 Å². The summed E-state index contributed by atoms with van der Waals surface area (Å²) in [5, 5.41) is 9.56. The van der Waals surface area contributed by atoms with E-state index in [2.05, 4.69) is 0 Å². The van der Waals surface area contributed by atoms with Crippen LogP contribution in [0.3, 0.4) is 0 Å². The smallest absolute Gasteiger partial charge is 0.144 e. The summed E-state index contributed by atoms with van der Waals surface area (Å²) in [6.07, 6.45) is 0. The van der Waals surface area contributed by atoms with Crippen LogP contribution in [-0.2, 0) is 5.41 Å². The molecule has 0 amide bonds. The lowest BCUT2D eigenvalue weighted by Gasteiger charge is -2.25. The fourth-order valence-electron chi connectivity index (χ4n) is 1.44. The van der Waals surface area contributed by atoms with Crippen molar-refractivity contribution in [2.75, 3.05) is 13.7 Å². The van der Waals surface area contributed by atoms with Crippen molar-refractivity contribution in [2.45, 2.75) is 19.3 Å². The van der Waals surface area contributed by atoms with Crippen LogP contribution in [0.4, 0.5) is 4.39 Å². The van der Waals surface area contributed by atoms with Crippen molar-refractivity contribution in [3.63, 3.8) is 0 Å². The Kier molecular flexibility index (Phi) is 3.58. The molecule has 1 aromatic carbocycles. The number of rotatable bonds is 3. The van der Waals surface area contributed by atoms with Crippen molar-refractivity contribution < 1.29 is 14.2 Å². The molecule has 0 aromatic heterocycles. The van der Waals surface area contributed by atoms with Gasteiger partial charge in [0.05, 0.1) is 18.7 Å². The second-order valence-electron chi connectivity index (χ2n) is 3.98.